The second-order valence-electron chi connectivity index (χ2n) is 4.68. The number of fused-ring (bicyclic) bond motifs is 1. The van der Waals surface area contributed by atoms with Gasteiger partial charge in [-0.3, -0.25) is 4.98 Å². The molecule has 0 atom stereocenters. The summed E-state index contributed by atoms with van der Waals surface area (Å²) >= 11 is 1.62. The Kier molecular flexibility index (Phi) is 2.52. The lowest BCUT2D eigenvalue weighted by molar-refractivity contribution is 0.345. The van der Waals surface area contributed by atoms with Crippen LogP contribution in [0.25, 0.3) is 16.3 Å². The first kappa shape index (κ1) is 11.0. The lowest BCUT2D eigenvalue weighted by Gasteiger charge is -2.25. The summed E-state index contributed by atoms with van der Waals surface area (Å²) in [7, 11) is 0. The summed E-state index contributed by atoms with van der Waals surface area (Å²) in [5.41, 5.74) is 0.942. The van der Waals surface area contributed by atoms with Crippen molar-refractivity contribution in [3.8, 4) is 11.4 Å². The number of rotatable bonds is 3. The topological polar surface area (TPSA) is 68.0 Å². The Balaban J connectivity index is 1.72. The maximum atomic E-state index is 4.63. The molecule has 0 aromatic carbocycles. The summed E-state index contributed by atoms with van der Waals surface area (Å²) in [6, 6.07) is 3.86. The molecule has 4 heterocycles. The second-order valence-corrected chi connectivity index (χ2v) is 5.72. The maximum Gasteiger partial charge on any atom is 0.234 e. The summed E-state index contributed by atoms with van der Waals surface area (Å²) in [6.45, 7) is 2.19. The minimum Gasteiger partial charge on any atom is -0.316 e. The fourth-order valence-electron chi connectivity index (χ4n) is 2.15. The molecule has 0 radical (unpaired) electrons. The lowest BCUT2D eigenvalue weighted by Crippen LogP contribution is -2.43. The summed E-state index contributed by atoms with van der Waals surface area (Å²) in [5.74, 6) is 1.47. The van der Waals surface area contributed by atoms with E-state index in [-0.39, 0.29) is 0 Å². The highest BCUT2D eigenvalue weighted by molar-refractivity contribution is 7.16. The molecule has 0 bridgehead atoms. The molecule has 4 rings (SSSR count). The molecule has 0 spiro atoms. The quantitative estimate of drug-likeness (QED) is 0.770. The van der Waals surface area contributed by atoms with E-state index in [2.05, 4.69) is 25.6 Å². The maximum absolute atomic E-state index is 4.63. The van der Waals surface area contributed by atoms with Crippen LogP contribution in [0.5, 0.6) is 0 Å². The van der Waals surface area contributed by atoms with Crippen LogP contribution in [-0.2, 0) is 6.42 Å². The number of pyridine rings is 1. The summed E-state index contributed by atoms with van der Waals surface area (Å²) < 4.78 is 1.82. The van der Waals surface area contributed by atoms with E-state index in [9.17, 15) is 0 Å². The Labute approximate surface area is 113 Å². The van der Waals surface area contributed by atoms with Gasteiger partial charge in [0.25, 0.3) is 0 Å². The molecule has 6 nitrogen and oxygen atoms in total. The first-order chi connectivity index (χ1) is 9.40. The first-order valence-corrected chi connectivity index (χ1v) is 7.04. The van der Waals surface area contributed by atoms with Gasteiger partial charge in [0.05, 0.1) is 0 Å². The van der Waals surface area contributed by atoms with Crippen LogP contribution in [-0.4, -0.2) is 37.9 Å². The van der Waals surface area contributed by atoms with Gasteiger partial charge in [0, 0.05) is 24.4 Å². The first-order valence-electron chi connectivity index (χ1n) is 6.22. The summed E-state index contributed by atoms with van der Waals surface area (Å²) in [6.07, 6.45) is 4.55. The van der Waals surface area contributed by atoms with Crippen LogP contribution in [0.2, 0.25) is 0 Å². The summed E-state index contributed by atoms with van der Waals surface area (Å²) in [5, 5.41) is 17.4. The Morgan fingerprint density at radius 1 is 1.37 bits per heavy atom. The van der Waals surface area contributed by atoms with Gasteiger partial charge in [0.2, 0.25) is 4.96 Å². The average molecular weight is 272 g/mol. The Morgan fingerprint density at radius 2 is 2.32 bits per heavy atom. The fraction of sp³-hybridized carbons (Fsp3) is 0.333. The Morgan fingerprint density at radius 3 is 3.05 bits per heavy atom. The van der Waals surface area contributed by atoms with Crippen LogP contribution in [0, 0.1) is 5.92 Å². The molecule has 96 valence electrons. The number of nitrogens with zero attached hydrogens (tertiary/aromatic N) is 5. The zero-order chi connectivity index (χ0) is 12.7. The molecule has 1 saturated heterocycles. The highest BCUT2D eigenvalue weighted by Crippen LogP contribution is 2.23. The predicted molar refractivity (Wildman–Crippen MR) is 72.0 cm³/mol. The van der Waals surface area contributed by atoms with Crippen molar-refractivity contribution in [2.24, 2.45) is 5.92 Å². The van der Waals surface area contributed by atoms with Crippen LogP contribution < -0.4 is 5.32 Å². The predicted octanol–water partition coefficient (Wildman–Crippen LogP) is 1.01. The van der Waals surface area contributed by atoms with E-state index < -0.39 is 0 Å². The van der Waals surface area contributed by atoms with Gasteiger partial charge in [-0.25, -0.2) is 0 Å². The molecule has 1 aliphatic rings. The van der Waals surface area contributed by atoms with E-state index in [1.165, 1.54) is 0 Å². The van der Waals surface area contributed by atoms with Gasteiger partial charge < -0.3 is 5.32 Å². The zero-order valence-corrected chi connectivity index (χ0v) is 11.0. The van der Waals surface area contributed by atoms with Crippen LogP contribution in [0.4, 0.5) is 0 Å². The van der Waals surface area contributed by atoms with Crippen molar-refractivity contribution in [1.82, 2.24) is 30.1 Å². The molecular weight excluding hydrogens is 260 g/mol. The summed E-state index contributed by atoms with van der Waals surface area (Å²) in [4.78, 5) is 4.96. The molecule has 0 unspecified atom stereocenters. The molecule has 1 fully saturated rings. The van der Waals surface area contributed by atoms with E-state index in [1.54, 1.807) is 23.7 Å². The number of hydrogen-bond donors (Lipinski definition) is 1. The van der Waals surface area contributed by atoms with Crippen molar-refractivity contribution >= 4 is 16.3 Å². The van der Waals surface area contributed by atoms with Crippen LogP contribution in [0.3, 0.4) is 0 Å². The molecule has 7 heteroatoms. The number of nitrogens with one attached hydrogen (secondary N) is 1. The normalized spacial score (nSPS) is 15.8. The van der Waals surface area contributed by atoms with E-state index in [4.69, 9.17) is 0 Å². The molecule has 0 amide bonds. The van der Waals surface area contributed by atoms with Gasteiger partial charge in [-0.15, -0.1) is 10.2 Å². The van der Waals surface area contributed by atoms with E-state index in [0.717, 1.165) is 40.9 Å². The average Bonchev–Trinajstić information content (AvgIpc) is 2.94. The number of aromatic nitrogens is 5. The van der Waals surface area contributed by atoms with Crippen LogP contribution in [0.15, 0.2) is 24.5 Å². The molecule has 0 saturated carbocycles. The minimum atomic E-state index is 0.714. The highest BCUT2D eigenvalue weighted by Gasteiger charge is 2.20. The van der Waals surface area contributed by atoms with Crippen molar-refractivity contribution in [2.45, 2.75) is 6.42 Å². The third kappa shape index (κ3) is 1.91. The molecule has 3 aromatic heterocycles. The van der Waals surface area contributed by atoms with E-state index in [1.807, 2.05) is 16.6 Å². The van der Waals surface area contributed by atoms with Crippen molar-refractivity contribution in [3.63, 3.8) is 0 Å². The molecule has 3 aromatic rings. The zero-order valence-electron chi connectivity index (χ0n) is 10.2. The van der Waals surface area contributed by atoms with Crippen molar-refractivity contribution in [3.05, 3.63) is 29.5 Å². The van der Waals surface area contributed by atoms with Gasteiger partial charge in [-0.05, 0) is 31.1 Å². The van der Waals surface area contributed by atoms with Gasteiger partial charge in [-0.1, -0.05) is 11.3 Å². The van der Waals surface area contributed by atoms with Crippen LogP contribution in [0.1, 0.15) is 5.01 Å². The number of hydrogen-bond acceptors (Lipinski definition) is 6. The lowest BCUT2D eigenvalue weighted by atomic mass is 10.0. The second kappa shape index (κ2) is 4.36. The SMILES string of the molecule is c1cncc(-c2nnc3sc(CC4CNC4)nn23)c1. The van der Waals surface area contributed by atoms with E-state index >= 15 is 0 Å². The Hall–Kier alpha value is -1.86. The van der Waals surface area contributed by atoms with Gasteiger partial charge in [0.15, 0.2) is 5.82 Å². The van der Waals surface area contributed by atoms with Gasteiger partial charge in [-0.2, -0.15) is 9.61 Å². The van der Waals surface area contributed by atoms with Gasteiger partial charge in [0.1, 0.15) is 5.01 Å². The Bertz CT molecular complexity index is 699. The van der Waals surface area contributed by atoms with Crippen molar-refractivity contribution in [2.75, 3.05) is 13.1 Å². The third-order valence-electron chi connectivity index (χ3n) is 3.28. The third-order valence-corrected chi connectivity index (χ3v) is 4.20. The molecular formula is C12H12N6S. The van der Waals surface area contributed by atoms with Crippen molar-refractivity contribution in [1.29, 1.82) is 0 Å². The highest BCUT2D eigenvalue weighted by atomic mass is 32.1. The smallest absolute Gasteiger partial charge is 0.234 e. The van der Waals surface area contributed by atoms with Crippen LogP contribution >= 0.6 is 11.3 Å². The standard InChI is InChI=1S/C12H12N6S/c1-2-9(7-13-3-1)11-15-16-12-18(11)17-10(19-12)4-8-5-14-6-8/h1-3,7-8,14H,4-6H2. The molecule has 19 heavy (non-hydrogen) atoms. The molecule has 0 aliphatic carbocycles. The van der Waals surface area contributed by atoms with Gasteiger partial charge >= 0.3 is 0 Å². The molecule has 1 aliphatic heterocycles. The minimum absolute atomic E-state index is 0.714. The molecule has 1 N–H and O–H groups in total. The fourth-order valence-corrected chi connectivity index (χ4v) is 3.10. The van der Waals surface area contributed by atoms with E-state index in [0.29, 0.717) is 5.92 Å². The largest absolute Gasteiger partial charge is 0.316 e. The monoisotopic (exact) mass is 272 g/mol. The van der Waals surface area contributed by atoms with Crippen molar-refractivity contribution < 1.29 is 0 Å².